The molecule has 2 aromatic carbocycles. The van der Waals surface area contributed by atoms with Gasteiger partial charge in [0.15, 0.2) is 11.6 Å². The molecule has 2 fully saturated rings. The molecule has 0 unspecified atom stereocenters. The van der Waals surface area contributed by atoms with E-state index in [4.69, 9.17) is 0 Å². The minimum atomic E-state index is -0.788. The summed E-state index contributed by atoms with van der Waals surface area (Å²) in [4.78, 5) is 0. The van der Waals surface area contributed by atoms with Gasteiger partial charge in [-0.3, -0.25) is 0 Å². The maximum absolute atomic E-state index is 13.5. The van der Waals surface area contributed by atoms with Crippen molar-refractivity contribution >= 4 is 8.80 Å². The zero-order chi connectivity index (χ0) is 21.6. The molecule has 0 spiro atoms. The van der Waals surface area contributed by atoms with Gasteiger partial charge < -0.3 is 0 Å². The average Bonchev–Trinajstić information content (AvgIpc) is 2.82. The molecule has 4 rings (SSSR count). The fraction of sp³-hybridized carbons (Fsp3) is 0.571. The summed E-state index contributed by atoms with van der Waals surface area (Å²) in [6, 6.07) is 17.4. The SMILES string of the molecule is CCCCC[Si]1CCC(C2CCC(c3ccc(-c4ccc(F)c(F)c4)cc3)CC2)CC1. The topological polar surface area (TPSA) is 0 Å². The van der Waals surface area contributed by atoms with Crippen LogP contribution in [-0.2, 0) is 0 Å². The van der Waals surface area contributed by atoms with Crippen molar-refractivity contribution in [2.24, 2.45) is 11.8 Å². The zero-order valence-corrected chi connectivity index (χ0v) is 20.0. The number of halogens is 2. The summed E-state index contributed by atoms with van der Waals surface area (Å²) in [5.74, 6) is 1.04. The molecule has 2 aromatic rings. The van der Waals surface area contributed by atoms with Gasteiger partial charge >= 0.3 is 0 Å². The number of unbranched alkanes of at least 4 members (excludes halogenated alkanes) is 2. The second kappa shape index (κ2) is 10.9. The Bertz CT molecular complexity index is 815. The van der Waals surface area contributed by atoms with Gasteiger partial charge in [-0.2, -0.15) is 0 Å². The summed E-state index contributed by atoms with van der Waals surface area (Å²) >= 11 is 0. The van der Waals surface area contributed by atoms with E-state index in [2.05, 4.69) is 31.2 Å². The summed E-state index contributed by atoms with van der Waals surface area (Å²) in [6.45, 7) is 2.31. The van der Waals surface area contributed by atoms with E-state index in [9.17, 15) is 8.78 Å². The molecule has 2 aliphatic rings. The summed E-state index contributed by atoms with van der Waals surface area (Å²) in [7, 11) is -0.0201. The first-order chi connectivity index (χ1) is 15.1. The van der Waals surface area contributed by atoms with Crippen LogP contribution in [0.1, 0.15) is 76.2 Å². The number of hydrogen-bond donors (Lipinski definition) is 0. The summed E-state index contributed by atoms with van der Waals surface area (Å²) in [6.07, 6.45) is 12.7. The Morgan fingerprint density at radius 2 is 1.39 bits per heavy atom. The van der Waals surface area contributed by atoms with Gasteiger partial charge in [-0.1, -0.05) is 87.5 Å². The lowest BCUT2D eigenvalue weighted by molar-refractivity contribution is 0.216. The van der Waals surface area contributed by atoms with Gasteiger partial charge in [0.05, 0.1) is 0 Å². The van der Waals surface area contributed by atoms with Crippen LogP contribution in [0.5, 0.6) is 0 Å². The monoisotopic (exact) mass is 439 g/mol. The Labute approximate surface area is 189 Å². The highest BCUT2D eigenvalue weighted by Gasteiger charge is 2.31. The molecule has 3 heteroatoms. The lowest BCUT2D eigenvalue weighted by atomic mass is 9.72. The van der Waals surface area contributed by atoms with Crippen LogP contribution in [0.4, 0.5) is 8.78 Å². The standard InChI is InChI=1S/C28H37F2Si/c1-2-3-4-17-31-18-15-25(16-19-31)23-7-5-21(6-8-23)22-9-11-24(12-10-22)26-13-14-27(29)28(30)20-26/h9-14,20-21,23,25H,2-8,15-19H2,1H3. The minimum Gasteiger partial charge on any atom is -0.204 e. The molecular formula is C28H37F2Si. The second-order valence-electron chi connectivity index (χ2n) is 9.91. The Kier molecular flexibility index (Phi) is 7.98. The highest BCUT2D eigenvalue weighted by Crippen LogP contribution is 2.43. The molecule has 0 nitrogen and oxygen atoms in total. The number of hydrogen-bond acceptors (Lipinski definition) is 0. The molecule has 0 N–H and O–H groups in total. The van der Waals surface area contributed by atoms with Gasteiger partial charge in [-0.15, -0.1) is 0 Å². The van der Waals surface area contributed by atoms with Crippen molar-refractivity contribution in [2.45, 2.75) is 88.8 Å². The fourth-order valence-corrected chi connectivity index (χ4v) is 9.00. The third kappa shape index (κ3) is 5.86. The first-order valence-corrected chi connectivity index (χ1v) is 14.6. The van der Waals surface area contributed by atoms with Crippen LogP contribution < -0.4 is 0 Å². The van der Waals surface area contributed by atoms with Crippen LogP contribution in [0.3, 0.4) is 0 Å². The van der Waals surface area contributed by atoms with Crippen molar-refractivity contribution in [3.05, 3.63) is 59.7 Å². The van der Waals surface area contributed by atoms with E-state index in [1.807, 2.05) is 0 Å². The van der Waals surface area contributed by atoms with Gasteiger partial charge in [0.25, 0.3) is 0 Å². The molecule has 0 aromatic heterocycles. The molecular weight excluding hydrogens is 402 g/mol. The molecule has 1 aliphatic heterocycles. The van der Waals surface area contributed by atoms with E-state index in [0.717, 1.165) is 23.0 Å². The molecule has 1 heterocycles. The quantitative estimate of drug-likeness (QED) is 0.298. The third-order valence-electron chi connectivity index (χ3n) is 7.94. The van der Waals surface area contributed by atoms with Gasteiger partial charge in [-0.05, 0) is 72.3 Å². The van der Waals surface area contributed by atoms with E-state index in [-0.39, 0.29) is 8.80 Å². The van der Waals surface area contributed by atoms with Crippen molar-refractivity contribution in [1.29, 1.82) is 0 Å². The van der Waals surface area contributed by atoms with Crippen LogP contribution in [0.25, 0.3) is 11.1 Å². The van der Waals surface area contributed by atoms with Gasteiger partial charge in [0, 0.05) is 8.80 Å². The van der Waals surface area contributed by atoms with Gasteiger partial charge in [0.2, 0.25) is 0 Å². The summed E-state index contributed by atoms with van der Waals surface area (Å²) in [5, 5.41) is 0. The van der Waals surface area contributed by atoms with E-state index in [1.165, 1.54) is 75.5 Å². The van der Waals surface area contributed by atoms with Crippen LogP contribution in [0.15, 0.2) is 42.5 Å². The molecule has 0 bridgehead atoms. The third-order valence-corrected chi connectivity index (χ3v) is 11.0. The largest absolute Gasteiger partial charge is 0.204 e. The van der Waals surface area contributed by atoms with Crippen LogP contribution in [0.2, 0.25) is 18.1 Å². The summed E-state index contributed by atoms with van der Waals surface area (Å²) in [5.41, 5.74) is 3.10. The molecule has 0 amide bonds. The molecule has 1 aliphatic carbocycles. The highest BCUT2D eigenvalue weighted by atomic mass is 28.3. The highest BCUT2D eigenvalue weighted by molar-refractivity contribution is 6.58. The number of benzene rings is 2. The van der Waals surface area contributed by atoms with Gasteiger partial charge in [0.1, 0.15) is 0 Å². The summed E-state index contributed by atoms with van der Waals surface area (Å²) < 4.78 is 26.7. The predicted molar refractivity (Wildman–Crippen MR) is 129 cm³/mol. The van der Waals surface area contributed by atoms with E-state index >= 15 is 0 Å². The number of rotatable bonds is 7. The Morgan fingerprint density at radius 3 is 2.03 bits per heavy atom. The lowest BCUT2D eigenvalue weighted by Gasteiger charge is -2.37. The van der Waals surface area contributed by atoms with Crippen molar-refractivity contribution in [3.8, 4) is 11.1 Å². The van der Waals surface area contributed by atoms with E-state index in [1.54, 1.807) is 24.2 Å². The van der Waals surface area contributed by atoms with Crippen LogP contribution in [-0.4, -0.2) is 8.80 Å². The Morgan fingerprint density at radius 1 is 0.742 bits per heavy atom. The van der Waals surface area contributed by atoms with Crippen LogP contribution in [0, 0.1) is 23.5 Å². The molecule has 1 saturated heterocycles. The molecule has 31 heavy (non-hydrogen) atoms. The van der Waals surface area contributed by atoms with Crippen molar-refractivity contribution in [1.82, 2.24) is 0 Å². The Hall–Kier alpha value is -1.48. The lowest BCUT2D eigenvalue weighted by Crippen LogP contribution is -2.28. The first kappa shape index (κ1) is 22.7. The van der Waals surface area contributed by atoms with Crippen molar-refractivity contribution < 1.29 is 8.78 Å². The predicted octanol–water partition coefficient (Wildman–Crippen LogP) is 9.00. The molecule has 1 saturated carbocycles. The van der Waals surface area contributed by atoms with E-state index < -0.39 is 11.6 Å². The minimum absolute atomic E-state index is 0.0201. The smallest absolute Gasteiger partial charge is 0.159 e. The van der Waals surface area contributed by atoms with Crippen molar-refractivity contribution in [2.75, 3.05) is 0 Å². The normalized spacial score (nSPS) is 23.2. The average molecular weight is 440 g/mol. The molecule has 0 atom stereocenters. The molecule has 1 radical (unpaired) electrons. The maximum Gasteiger partial charge on any atom is 0.159 e. The Balaban J connectivity index is 1.26. The van der Waals surface area contributed by atoms with Crippen molar-refractivity contribution in [3.63, 3.8) is 0 Å². The molecule has 167 valence electrons. The van der Waals surface area contributed by atoms with Crippen LogP contribution >= 0.6 is 0 Å². The maximum atomic E-state index is 13.5. The van der Waals surface area contributed by atoms with E-state index in [0.29, 0.717) is 5.92 Å². The zero-order valence-electron chi connectivity index (χ0n) is 19.0. The first-order valence-electron chi connectivity index (χ1n) is 12.5. The second-order valence-corrected chi connectivity index (χ2v) is 12.9. The fourth-order valence-electron chi connectivity index (χ4n) is 5.94. The van der Waals surface area contributed by atoms with Gasteiger partial charge in [-0.25, -0.2) is 8.78 Å².